The molecule has 0 fully saturated rings. The van der Waals surface area contributed by atoms with E-state index in [4.69, 9.17) is 0 Å². The molecule has 32 heavy (non-hydrogen) atoms. The summed E-state index contributed by atoms with van der Waals surface area (Å²) in [6.07, 6.45) is -2.36. The summed E-state index contributed by atoms with van der Waals surface area (Å²) in [5.74, 6) is -0.0581. The summed E-state index contributed by atoms with van der Waals surface area (Å²) in [6, 6.07) is 9.92. The minimum Gasteiger partial charge on any atom is -0.369 e. The van der Waals surface area contributed by atoms with Crippen LogP contribution in [-0.4, -0.2) is 29.0 Å². The maximum Gasteiger partial charge on any atom is 0.416 e. The summed E-state index contributed by atoms with van der Waals surface area (Å²) in [7, 11) is 0. The van der Waals surface area contributed by atoms with Crippen LogP contribution in [0.3, 0.4) is 0 Å². The Labute approximate surface area is 189 Å². The van der Waals surface area contributed by atoms with Crippen LogP contribution >= 0.6 is 15.9 Å². The number of carbonyl (C=O) groups excluding carboxylic acids is 1. The van der Waals surface area contributed by atoms with Crippen LogP contribution in [-0.2, 0) is 6.18 Å². The molecule has 0 unspecified atom stereocenters. The zero-order chi connectivity index (χ0) is 23.1. The van der Waals surface area contributed by atoms with E-state index < -0.39 is 17.6 Å². The number of nitrogens with one attached hydrogen (secondary N) is 3. The quantitative estimate of drug-likeness (QED) is 0.280. The molecule has 0 saturated carbocycles. The van der Waals surface area contributed by atoms with Gasteiger partial charge in [0.1, 0.15) is 11.6 Å². The van der Waals surface area contributed by atoms with E-state index in [0.29, 0.717) is 35.5 Å². The molecule has 1 amide bonds. The number of hydrogen-bond donors (Lipinski definition) is 3. The Bertz CT molecular complexity index is 1080. The zero-order valence-electron chi connectivity index (χ0n) is 16.5. The first kappa shape index (κ1) is 23.5. The van der Waals surface area contributed by atoms with Gasteiger partial charge in [-0.1, -0.05) is 6.07 Å². The summed E-state index contributed by atoms with van der Waals surface area (Å²) in [5, 5.41) is 8.66. The van der Waals surface area contributed by atoms with Gasteiger partial charge in [-0.05, 0) is 64.8 Å². The van der Waals surface area contributed by atoms with E-state index in [0.717, 1.165) is 24.3 Å². The Morgan fingerprint density at radius 2 is 1.81 bits per heavy atom. The molecule has 11 heteroatoms. The van der Waals surface area contributed by atoms with Gasteiger partial charge in [0.25, 0.3) is 5.91 Å². The number of aromatic nitrogens is 2. The number of anilines is 3. The van der Waals surface area contributed by atoms with Gasteiger partial charge in [-0.25, -0.2) is 9.37 Å². The van der Waals surface area contributed by atoms with Crippen LogP contribution in [0.1, 0.15) is 22.3 Å². The van der Waals surface area contributed by atoms with Gasteiger partial charge in [0.05, 0.1) is 10.0 Å². The number of alkyl halides is 3. The molecule has 6 nitrogen and oxygen atoms in total. The second-order valence-electron chi connectivity index (χ2n) is 6.64. The van der Waals surface area contributed by atoms with Crippen molar-refractivity contribution < 1.29 is 22.4 Å². The lowest BCUT2D eigenvalue weighted by molar-refractivity contribution is -0.137. The fourth-order valence-electron chi connectivity index (χ4n) is 2.66. The van der Waals surface area contributed by atoms with Crippen LogP contribution in [0.25, 0.3) is 0 Å². The predicted octanol–water partition coefficient (Wildman–Crippen LogP) is 5.37. The highest BCUT2D eigenvalue weighted by atomic mass is 79.9. The standard InChI is InChI=1S/C21H18BrF4N5O/c22-17-12-29-20(30-16-4-1-3-15(23)11-16)31-18(17)27-9-2-10-28-19(32)13-5-7-14(8-6-13)21(24,25)26/h1,3-8,11-12H,2,9-10H2,(H,28,32)(H2,27,29,30,31). The average Bonchev–Trinajstić information content (AvgIpc) is 2.75. The average molecular weight is 512 g/mol. The van der Waals surface area contributed by atoms with Gasteiger partial charge < -0.3 is 16.0 Å². The van der Waals surface area contributed by atoms with Crippen molar-refractivity contribution in [2.24, 2.45) is 0 Å². The first-order valence-corrected chi connectivity index (χ1v) is 10.3. The van der Waals surface area contributed by atoms with Crippen molar-refractivity contribution in [1.82, 2.24) is 15.3 Å². The summed E-state index contributed by atoms with van der Waals surface area (Å²) in [6.45, 7) is 0.770. The van der Waals surface area contributed by atoms with Crippen molar-refractivity contribution in [2.75, 3.05) is 23.7 Å². The molecule has 1 heterocycles. The van der Waals surface area contributed by atoms with Crippen molar-refractivity contribution in [3.8, 4) is 0 Å². The summed E-state index contributed by atoms with van der Waals surface area (Å²) in [5.41, 5.74) is -0.151. The molecule has 3 N–H and O–H groups in total. The Hall–Kier alpha value is -3.21. The molecule has 3 rings (SSSR count). The molecule has 0 aliphatic rings. The Morgan fingerprint density at radius 1 is 1.06 bits per heavy atom. The highest BCUT2D eigenvalue weighted by Gasteiger charge is 2.30. The van der Waals surface area contributed by atoms with Gasteiger partial charge in [0.2, 0.25) is 5.95 Å². The van der Waals surface area contributed by atoms with Crippen LogP contribution in [0.2, 0.25) is 0 Å². The molecular weight excluding hydrogens is 494 g/mol. The lowest BCUT2D eigenvalue weighted by Gasteiger charge is -2.11. The van der Waals surface area contributed by atoms with Gasteiger partial charge in [0, 0.05) is 30.5 Å². The van der Waals surface area contributed by atoms with Gasteiger partial charge in [-0.3, -0.25) is 4.79 Å². The van der Waals surface area contributed by atoms with Crippen molar-refractivity contribution in [3.05, 3.63) is 76.1 Å². The highest BCUT2D eigenvalue weighted by molar-refractivity contribution is 9.10. The van der Waals surface area contributed by atoms with Crippen molar-refractivity contribution in [3.63, 3.8) is 0 Å². The van der Waals surface area contributed by atoms with Gasteiger partial charge in [-0.2, -0.15) is 18.2 Å². The Kier molecular flexibility index (Phi) is 7.62. The van der Waals surface area contributed by atoms with Crippen molar-refractivity contribution in [2.45, 2.75) is 12.6 Å². The summed E-state index contributed by atoms with van der Waals surface area (Å²) >= 11 is 3.35. The third-order valence-corrected chi connectivity index (χ3v) is 4.81. The fraction of sp³-hybridized carbons (Fsp3) is 0.190. The number of amides is 1. The van der Waals surface area contributed by atoms with Gasteiger partial charge in [-0.15, -0.1) is 0 Å². The first-order valence-electron chi connectivity index (χ1n) is 9.47. The van der Waals surface area contributed by atoms with Crippen molar-refractivity contribution >= 4 is 39.3 Å². The van der Waals surface area contributed by atoms with E-state index in [1.165, 1.54) is 12.1 Å². The molecule has 0 radical (unpaired) electrons. The monoisotopic (exact) mass is 511 g/mol. The molecule has 0 atom stereocenters. The lowest BCUT2D eigenvalue weighted by Crippen LogP contribution is -2.26. The maximum absolute atomic E-state index is 13.3. The van der Waals surface area contributed by atoms with Gasteiger partial charge in [0.15, 0.2) is 0 Å². The van der Waals surface area contributed by atoms with E-state index in [1.807, 2.05) is 0 Å². The minimum absolute atomic E-state index is 0.151. The van der Waals surface area contributed by atoms with E-state index >= 15 is 0 Å². The molecule has 0 aliphatic carbocycles. The molecule has 2 aromatic carbocycles. The second-order valence-corrected chi connectivity index (χ2v) is 7.49. The summed E-state index contributed by atoms with van der Waals surface area (Å²) < 4.78 is 51.7. The number of hydrogen-bond acceptors (Lipinski definition) is 5. The SMILES string of the molecule is O=C(NCCCNc1nc(Nc2cccc(F)c2)ncc1Br)c1ccc(C(F)(F)F)cc1. The maximum atomic E-state index is 13.3. The topological polar surface area (TPSA) is 78.9 Å². The Balaban J connectivity index is 1.46. The molecule has 0 saturated heterocycles. The van der Waals surface area contributed by atoms with Gasteiger partial charge >= 0.3 is 6.18 Å². The lowest BCUT2D eigenvalue weighted by atomic mass is 10.1. The molecule has 1 aromatic heterocycles. The minimum atomic E-state index is -4.44. The largest absolute Gasteiger partial charge is 0.416 e. The fourth-order valence-corrected chi connectivity index (χ4v) is 2.99. The Morgan fingerprint density at radius 3 is 2.50 bits per heavy atom. The van der Waals surface area contributed by atoms with Crippen LogP contribution in [0, 0.1) is 5.82 Å². The van der Waals surface area contributed by atoms with Crippen LogP contribution < -0.4 is 16.0 Å². The third-order valence-electron chi connectivity index (χ3n) is 4.23. The van der Waals surface area contributed by atoms with Crippen LogP contribution in [0.4, 0.5) is 35.0 Å². The smallest absolute Gasteiger partial charge is 0.369 e. The van der Waals surface area contributed by atoms with E-state index in [2.05, 4.69) is 41.8 Å². The molecule has 0 bridgehead atoms. The summed E-state index contributed by atoms with van der Waals surface area (Å²) in [4.78, 5) is 20.5. The second kappa shape index (κ2) is 10.4. The predicted molar refractivity (Wildman–Crippen MR) is 116 cm³/mol. The molecule has 3 aromatic rings. The number of benzene rings is 2. The number of carbonyl (C=O) groups is 1. The molecule has 0 spiro atoms. The number of nitrogens with zero attached hydrogens (tertiary/aromatic N) is 2. The number of rotatable bonds is 8. The number of halogens is 5. The third kappa shape index (κ3) is 6.64. The molecule has 0 aliphatic heterocycles. The zero-order valence-corrected chi connectivity index (χ0v) is 18.1. The van der Waals surface area contributed by atoms with Crippen molar-refractivity contribution in [1.29, 1.82) is 0 Å². The van der Waals surface area contributed by atoms with E-state index in [1.54, 1.807) is 18.3 Å². The first-order chi connectivity index (χ1) is 15.2. The van der Waals surface area contributed by atoms with E-state index in [9.17, 15) is 22.4 Å². The molecule has 168 valence electrons. The van der Waals surface area contributed by atoms with Crippen LogP contribution in [0.5, 0.6) is 0 Å². The molecular formula is C21H18BrF4N5O. The van der Waals surface area contributed by atoms with Crippen LogP contribution in [0.15, 0.2) is 59.2 Å². The normalized spacial score (nSPS) is 11.2. The highest BCUT2D eigenvalue weighted by Crippen LogP contribution is 2.29. The van der Waals surface area contributed by atoms with E-state index in [-0.39, 0.29) is 17.3 Å².